The van der Waals surface area contributed by atoms with Gasteiger partial charge in [-0.15, -0.1) is 11.6 Å². The number of hydrogen-bond donors (Lipinski definition) is 4. The summed E-state index contributed by atoms with van der Waals surface area (Å²) in [6, 6.07) is 9.36. The number of aliphatic carboxylic acids is 3. The van der Waals surface area contributed by atoms with E-state index in [2.05, 4.69) is 29.2 Å². The molecular formula is C17H22ClNO7. The lowest BCUT2D eigenvalue weighted by atomic mass is 9.96. The third-order valence-corrected chi connectivity index (χ3v) is 4.31. The molecule has 4 N–H and O–H groups in total. The van der Waals surface area contributed by atoms with Gasteiger partial charge in [-0.1, -0.05) is 24.3 Å². The summed E-state index contributed by atoms with van der Waals surface area (Å²) >= 11 is 5.82. The number of carboxylic acids is 3. The molecule has 0 radical (unpaired) electrons. The molecule has 144 valence electrons. The maximum absolute atomic E-state index is 10.3. The molecule has 1 aliphatic heterocycles. The van der Waals surface area contributed by atoms with E-state index in [0.717, 1.165) is 25.9 Å². The number of alkyl halides is 1. The first kappa shape index (κ1) is 21.9. The first-order valence-corrected chi connectivity index (χ1v) is 8.46. The van der Waals surface area contributed by atoms with Gasteiger partial charge in [-0.2, -0.15) is 0 Å². The topological polar surface area (TPSA) is 135 Å². The lowest BCUT2D eigenvalue weighted by molar-refractivity contribution is -0.170. The summed E-state index contributed by atoms with van der Waals surface area (Å²) in [6.45, 7) is 2.20. The van der Waals surface area contributed by atoms with Crippen LogP contribution >= 0.6 is 11.6 Å². The third-order valence-electron chi connectivity index (χ3n) is 3.97. The normalized spacial score (nSPS) is 14.4. The van der Waals surface area contributed by atoms with Gasteiger partial charge in [0.1, 0.15) is 0 Å². The molecule has 1 aliphatic rings. The monoisotopic (exact) mass is 387 g/mol. The number of aliphatic hydroxyl groups is 1. The van der Waals surface area contributed by atoms with Gasteiger partial charge in [0.2, 0.25) is 0 Å². The number of carbonyl (C=O) groups is 3. The van der Waals surface area contributed by atoms with Crippen molar-refractivity contribution in [2.45, 2.75) is 31.3 Å². The second-order valence-electron chi connectivity index (χ2n) is 5.98. The molecular weight excluding hydrogens is 366 g/mol. The Morgan fingerprint density at radius 2 is 1.38 bits per heavy atom. The maximum atomic E-state index is 10.3. The van der Waals surface area contributed by atoms with Crippen LogP contribution in [0.25, 0.3) is 0 Å². The van der Waals surface area contributed by atoms with Crippen molar-refractivity contribution < 1.29 is 34.8 Å². The van der Waals surface area contributed by atoms with Gasteiger partial charge in [-0.05, 0) is 24.0 Å². The number of nitrogens with zero attached hydrogens (tertiary/aromatic N) is 1. The molecule has 0 atom stereocenters. The Kier molecular flexibility index (Phi) is 8.50. The zero-order chi connectivity index (χ0) is 19.7. The van der Waals surface area contributed by atoms with Gasteiger partial charge < -0.3 is 20.4 Å². The molecule has 0 saturated carbocycles. The number of hydrogen-bond acceptors (Lipinski definition) is 5. The number of rotatable bonds is 6. The van der Waals surface area contributed by atoms with Gasteiger partial charge in [-0.25, -0.2) is 4.79 Å². The molecule has 9 heteroatoms. The summed E-state index contributed by atoms with van der Waals surface area (Å²) in [6.07, 6.45) is -0.00491. The molecule has 1 aromatic rings. The van der Waals surface area contributed by atoms with Gasteiger partial charge in [0.25, 0.3) is 0 Å². The second kappa shape index (κ2) is 10.1. The van der Waals surface area contributed by atoms with E-state index in [1.807, 2.05) is 0 Å². The standard InChI is InChI=1S/C11H14ClN.C6H8O7/c12-9-13-7-5-10-3-1-2-4-11(10)6-8-13;7-3(8)1-6(13,5(11)12)2-4(9)10/h1-4H,5-9H2;13H,1-2H2,(H,7,8)(H,9,10)(H,11,12). The number of benzene rings is 1. The molecule has 0 fully saturated rings. The molecule has 8 nitrogen and oxygen atoms in total. The zero-order valence-electron chi connectivity index (χ0n) is 14.1. The van der Waals surface area contributed by atoms with Crippen LogP contribution in [0.5, 0.6) is 0 Å². The average Bonchev–Trinajstić information content (AvgIpc) is 2.76. The van der Waals surface area contributed by atoms with Crippen molar-refractivity contribution in [1.29, 1.82) is 0 Å². The van der Waals surface area contributed by atoms with Crippen molar-refractivity contribution in [2.24, 2.45) is 0 Å². The highest BCUT2D eigenvalue weighted by Gasteiger charge is 2.40. The summed E-state index contributed by atoms with van der Waals surface area (Å²) in [4.78, 5) is 32.8. The van der Waals surface area contributed by atoms with E-state index in [0.29, 0.717) is 6.00 Å². The van der Waals surface area contributed by atoms with Crippen molar-refractivity contribution >= 4 is 29.5 Å². The number of carboxylic acid groups (broad SMARTS) is 3. The Morgan fingerprint density at radius 1 is 0.962 bits per heavy atom. The lowest BCUT2D eigenvalue weighted by Crippen LogP contribution is -2.42. The summed E-state index contributed by atoms with van der Waals surface area (Å²) in [5.41, 5.74) is 0.253. The highest BCUT2D eigenvalue weighted by molar-refractivity contribution is 6.17. The van der Waals surface area contributed by atoms with Gasteiger partial charge in [-0.3, -0.25) is 14.5 Å². The molecule has 0 aromatic heterocycles. The zero-order valence-corrected chi connectivity index (χ0v) is 14.9. The van der Waals surface area contributed by atoms with Crippen LogP contribution < -0.4 is 0 Å². The molecule has 26 heavy (non-hydrogen) atoms. The third kappa shape index (κ3) is 6.99. The first-order valence-electron chi connectivity index (χ1n) is 7.92. The number of halogens is 1. The highest BCUT2D eigenvalue weighted by Crippen LogP contribution is 2.16. The fourth-order valence-corrected chi connectivity index (χ4v) is 2.79. The minimum atomic E-state index is -2.74. The largest absolute Gasteiger partial charge is 0.481 e. The van der Waals surface area contributed by atoms with E-state index in [-0.39, 0.29) is 0 Å². The molecule has 0 saturated heterocycles. The Hall–Kier alpha value is -2.16. The van der Waals surface area contributed by atoms with Crippen LogP contribution in [-0.2, 0) is 27.2 Å². The van der Waals surface area contributed by atoms with Crippen molar-refractivity contribution in [1.82, 2.24) is 4.90 Å². The predicted molar refractivity (Wildman–Crippen MR) is 93.2 cm³/mol. The summed E-state index contributed by atoms with van der Waals surface area (Å²) in [5, 5.41) is 33.8. The van der Waals surface area contributed by atoms with Crippen LogP contribution in [0.4, 0.5) is 0 Å². The van der Waals surface area contributed by atoms with Crippen LogP contribution in [-0.4, -0.2) is 67.9 Å². The van der Waals surface area contributed by atoms with Crippen molar-refractivity contribution in [3.8, 4) is 0 Å². The lowest BCUT2D eigenvalue weighted by Gasteiger charge is -2.18. The summed E-state index contributed by atoms with van der Waals surface area (Å²) < 4.78 is 0. The van der Waals surface area contributed by atoms with E-state index in [1.165, 1.54) is 11.1 Å². The van der Waals surface area contributed by atoms with E-state index < -0.39 is 36.4 Å². The molecule has 0 spiro atoms. The molecule has 0 unspecified atom stereocenters. The smallest absolute Gasteiger partial charge is 0.336 e. The van der Waals surface area contributed by atoms with Crippen molar-refractivity contribution in [3.05, 3.63) is 35.4 Å². The van der Waals surface area contributed by atoms with Gasteiger partial charge in [0.15, 0.2) is 5.60 Å². The van der Waals surface area contributed by atoms with Gasteiger partial charge >= 0.3 is 17.9 Å². The van der Waals surface area contributed by atoms with Crippen LogP contribution in [0.1, 0.15) is 24.0 Å². The van der Waals surface area contributed by atoms with Gasteiger partial charge in [0.05, 0.1) is 18.8 Å². The Morgan fingerprint density at radius 3 is 1.69 bits per heavy atom. The average molecular weight is 388 g/mol. The number of fused-ring (bicyclic) bond motifs is 1. The first-order chi connectivity index (χ1) is 12.2. The Bertz CT molecular complexity index is 607. The van der Waals surface area contributed by atoms with E-state index in [4.69, 9.17) is 32.0 Å². The molecule has 0 aliphatic carbocycles. The summed E-state index contributed by atoms with van der Waals surface area (Å²) in [7, 11) is 0. The van der Waals surface area contributed by atoms with Crippen LogP contribution in [0, 0.1) is 0 Å². The highest BCUT2D eigenvalue weighted by atomic mass is 35.5. The molecule has 1 aromatic carbocycles. The SMILES string of the molecule is ClCN1CCc2ccccc2CC1.O=C(O)CC(O)(CC(=O)O)C(=O)O. The van der Waals surface area contributed by atoms with Crippen LogP contribution in [0.3, 0.4) is 0 Å². The Labute approximate surface area is 155 Å². The Balaban J connectivity index is 0.000000260. The molecule has 0 bridgehead atoms. The second-order valence-corrected chi connectivity index (χ2v) is 6.22. The van der Waals surface area contributed by atoms with Gasteiger partial charge in [0, 0.05) is 13.1 Å². The summed E-state index contributed by atoms with van der Waals surface area (Å²) in [5.74, 6) is -5.02. The van der Waals surface area contributed by atoms with E-state index in [1.54, 1.807) is 0 Å². The quantitative estimate of drug-likeness (QED) is 0.420. The van der Waals surface area contributed by atoms with E-state index >= 15 is 0 Å². The minimum absolute atomic E-state index is 0.661. The van der Waals surface area contributed by atoms with Crippen LogP contribution in [0.15, 0.2) is 24.3 Å². The fraction of sp³-hybridized carbons (Fsp3) is 0.471. The van der Waals surface area contributed by atoms with E-state index in [9.17, 15) is 14.4 Å². The maximum Gasteiger partial charge on any atom is 0.336 e. The molecule has 2 rings (SSSR count). The van der Waals surface area contributed by atoms with Crippen molar-refractivity contribution in [3.63, 3.8) is 0 Å². The van der Waals surface area contributed by atoms with Crippen LogP contribution in [0.2, 0.25) is 0 Å². The fourth-order valence-electron chi connectivity index (χ4n) is 2.55. The minimum Gasteiger partial charge on any atom is -0.481 e. The predicted octanol–water partition coefficient (Wildman–Crippen LogP) is 1.03. The molecule has 1 heterocycles. The molecule has 0 amide bonds. The van der Waals surface area contributed by atoms with Crippen molar-refractivity contribution in [2.75, 3.05) is 19.1 Å².